The third kappa shape index (κ3) is 39.4. The SMILES string of the molecule is CC/C=C\C/C=C\C/C=C\C/C=C\C/C=C\CCCC(=O)OCC(COC(=O)CCCCCCC)OC(=O)CCCCC/C=C\C/C=C\C/C=C\CC. The molecule has 0 amide bonds. The third-order valence-corrected chi connectivity index (χ3v) is 8.08. The minimum absolute atomic E-state index is 0.110. The van der Waals surface area contributed by atoms with E-state index in [9.17, 15) is 14.4 Å². The number of allylic oxidation sites excluding steroid dienone is 16. The van der Waals surface area contributed by atoms with Crippen LogP contribution in [0.4, 0.5) is 0 Å². The quantitative estimate of drug-likeness (QED) is 0.0279. The van der Waals surface area contributed by atoms with E-state index in [1.165, 1.54) is 0 Å². The van der Waals surface area contributed by atoms with Crippen molar-refractivity contribution in [2.45, 2.75) is 168 Å². The Morgan fingerprint density at radius 3 is 1.21 bits per heavy atom. The van der Waals surface area contributed by atoms with E-state index >= 15 is 0 Å². The second-order valence-electron chi connectivity index (χ2n) is 13.1. The molecule has 0 aliphatic carbocycles. The molecule has 0 aromatic heterocycles. The van der Waals surface area contributed by atoms with Crippen molar-refractivity contribution in [3.63, 3.8) is 0 Å². The molecule has 1 unspecified atom stereocenters. The minimum atomic E-state index is -0.810. The van der Waals surface area contributed by atoms with Gasteiger partial charge < -0.3 is 14.2 Å². The molecule has 1 atom stereocenters. The first-order valence-corrected chi connectivity index (χ1v) is 20.7. The van der Waals surface area contributed by atoms with Gasteiger partial charge >= 0.3 is 17.9 Å². The first-order valence-electron chi connectivity index (χ1n) is 20.7. The fourth-order valence-corrected chi connectivity index (χ4v) is 5.02. The van der Waals surface area contributed by atoms with E-state index in [0.717, 1.165) is 116 Å². The van der Waals surface area contributed by atoms with Crippen molar-refractivity contribution in [1.29, 1.82) is 0 Å². The highest BCUT2D eigenvalue weighted by Crippen LogP contribution is 2.10. The molecule has 0 aliphatic heterocycles. The van der Waals surface area contributed by atoms with Crippen LogP contribution in [0.2, 0.25) is 0 Å². The molecular weight excluding hydrogens is 661 g/mol. The number of unbranched alkanes of at least 4 members (excludes halogenated alkanes) is 8. The van der Waals surface area contributed by atoms with Crippen molar-refractivity contribution in [1.82, 2.24) is 0 Å². The molecule has 0 rings (SSSR count). The molecule has 0 saturated heterocycles. The third-order valence-electron chi connectivity index (χ3n) is 8.08. The van der Waals surface area contributed by atoms with Gasteiger partial charge in [0.15, 0.2) is 6.10 Å². The molecule has 0 saturated carbocycles. The van der Waals surface area contributed by atoms with Gasteiger partial charge in [-0.25, -0.2) is 0 Å². The molecule has 0 aromatic carbocycles. The van der Waals surface area contributed by atoms with Crippen LogP contribution in [-0.2, 0) is 28.6 Å². The van der Waals surface area contributed by atoms with E-state index in [-0.39, 0.29) is 44.0 Å². The first kappa shape index (κ1) is 49.3. The van der Waals surface area contributed by atoms with Crippen molar-refractivity contribution >= 4 is 17.9 Å². The standard InChI is InChI=1S/C47H74O6/c1-4-7-10-13-15-17-19-21-22-23-24-26-27-29-31-34-37-40-46(49)52-43-44(42-51-45(48)39-36-33-12-9-6-3)53-47(50)41-38-35-32-30-28-25-20-18-16-14-11-8-5-2/h7-8,10-11,15-18,21-22,24-26,28-29,31,44H,4-6,9,12-14,19-20,23,27,30,32-43H2,1-3H3/b10-7-,11-8-,17-15-,18-16-,22-21-,26-24-,28-25-,31-29-. The van der Waals surface area contributed by atoms with Crippen LogP contribution in [0, 0.1) is 0 Å². The summed E-state index contributed by atoms with van der Waals surface area (Å²) in [5, 5.41) is 0. The second-order valence-corrected chi connectivity index (χ2v) is 13.1. The molecular formula is C47H74O6. The second kappa shape index (κ2) is 41.1. The normalized spacial score (nSPS) is 13.0. The van der Waals surface area contributed by atoms with Crippen LogP contribution in [0.5, 0.6) is 0 Å². The van der Waals surface area contributed by atoms with Gasteiger partial charge in [0.25, 0.3) is 0 Å². The van der Waals surface area contributed by atoms with E-state index in [2.05, 4.69) is 118 Å². The summed E-state index contributed by atoms with van der Waals surface area (Å²) in [6, 6.07) is 0. The number of carbonyl (C=O) groups is 3. The highest BCUT2D eigenvalue weighted by molar-refractivity contribution is 5.71. The number of hydrogen-bond acceptors (Lipinski definition) is 6. The minimum Gasteiger partial charge on any atom is -0.462 e. The van der Waals surface area contributed by atoms with Crippen molar-refractivity contribution in [2.24, 2.45) is 0 Å². The van der Waals surface area contributed by atoms with Crippen LogP contribution < -0.4 is 0 Å². The molecule has 53 heavy (non-hydrogen) atoms. The van der Waals surface area contributed by atoms with Gasteiger partial charge in [0.1, 0.15) is 13.2 Å². The van der Waals surface area contributed by atoms with E-state index in [0.29, 0.717) is 12.8 Å². The zero-order valence-corrected chi connectivity index (χ0v) is 33.7. The average molecular weight is 735 g/mol. The Labute approximate surface area is 324 Å². The lowest BCUT2D eigenvalue weighted by molar-refractivity contribution is -0.167. The topological polar surface area (TPSA) is 78.9 Å². The smallest absolute Gasteiger partial charge is 0.306 e. The molecule has 6 nitrogen and oxygen atoms in total. The van der Waals surface area contributed by atoms with Gasteiger partial charge in [0, 0.05) is 19.3 Å². The lowest BCUT2D eigenvalue weighted by Crippen LogP contribution is -2.30. The van der Waals surface area contributed by atoms with Crippen LogP contribution in [0.3, 0.4) is 0 Å². The fraction of sp³-hybridized carbons (Fsp3) is 0.596. The van der Waals surface area contributed by atoms with Crippen molar-refractivity contribution in [3.8, 4) is 0 Å². The molecule has 298 valence electrons. The molecule has 0 fully saturated rings. The van der Waals surface area contributed by atoms with Crippen LogP contribution >= 0.6 is 0 Å². The number of carbonyl (C=O) groups excluding carboxylic acids is 3. The summed E-state index contributed by atoms with van der Waals surface area (Å²) >= 11 is 0. The van der Waals surface area contributed by atoms with E-state index in [1.807, 2.05) is 0 Å². The van der Waals surface area contributed by atoms with E-state index in [4.69, 9.17) is 14.2 Å². The Kier molecular flexibility index (Phi) is 38.2. The average Bonchev–Trinajstić information content (AvgIpc) is 3.15. The number of ether oxygens (including phenoxy) is 3. The van der Waals surface area contributed by atoms with Gasteiger partial charge in [-0.1, -0.05) is 150 Å². The summed E-state index contributed by atoms with van der Waals surface area (Å²) in [6.45, 7) is 6.20. The monoisotopic (exact) mass is 735 g/mol. The van der Waals surface area contributed by atoms with Gasteiger partial charge in [-0.05, 0) is 89.9 Å². The largest absolute Gasteiger partial charge is 0.462 e. The summed E-state index contributed by atoms with van der Waals surface area (Å²) in [5.41, 5.74) is 0. The first-order chi connectivity index (χ1) is 26.0. The molecule has 6 heteroatoms. The summed E-state index contributed by atoms with van der Waals surface area (Å²) < 4.78 is 16.5. The fourth-order valence-electron chi connectivity index (χ4n) is 5.02. The maximum Gasteiger partial charge on any atom is 0.306 e. The summed E-state index contributed by atoms with van der Waals surface area (Å²) in [4.78, 5) is 37.3. The van der Waals surface area contributed by atoms with Crippen LogP contribution in [0.25, 0.3) is 0 Å². The number of rotatable bonds is 35. The maximum absolute atomic E-state index is 12.6. The molecule has 0 heterocycles. The molecule has 0 aromatic rings. The molecule has 0 radical (unpaired) electrons. The Balaban J connectivity index is 4.43. The van der Waals surface area contributed by atoms with Crippen molar-refractivity contribution < 1.29 is 28.6 Å². The summed E-state index contributed by atoms with van der Waals surface area (Å²) in [7, 11) is 0. The van der Waals surface area contributed by atoms with Crippen LogP contribution in [-0.4, -0.2) is 37.2 Å². The highest BCUT2D eigenvalue weighted by atomic mass is 16.6. The van der Waals surface area contributed by atoms with Gasteiger partial charge in [-0.3, -0.25) is 14.4 Å². The lowest BCUT2D eigenvalue weighted by atomic mass is 10.1. The molecule has 0 N–H and O–H groups in total. The number of esters is 3. The predicted octanol–water partition coefficient (Wildman–Crippen LogP) is 13.1. The van der Waals surface area contributed by atoms with E-state index < -0.39 is 6.10 Å². The zero-order valence-electron chi connectivity index (χ0n) is 33.7. The van der Waals surface area contributed by atoms with Gasteiger partial charge in [0.05, 0.1) is 0 Å². The Morgan fingerprint density at radius 1 is 0.396 bits per heavy atom. The van der Waals surface area contributed by atoms with Crippen LogP contribution in [0.15, 0.2) is 97.2 Å². The summed E-state index contributed by atoms with van der Waals surface area (Å²) in [5.74, 6) is -1.03. The Morgan fingerprint density at radius 2 is 0.755 bits per heavy atom. The van der Waals surface area contributed by atoms with Gasteiger partial charge in [-0.2, -0.15) is 0 Å². The predicted molar refractivity (Wildman–Crippen MR) is 224 cm³/mol. The molecule has 0 bridgehead atoms. The Bertz CT molecular complexity index is 1120. The maximum atomic E-state index is 12.6. The highest BCUT2D eigenvalue weighted by Gasteiger charge is 2.19. The number of hydrogen-bond donors (Lipinski definition) is 0. The van der Waals surface area contributed by atoms with Gasteiger partial charge in [0.2, 0.25) is 0 Å². The van der Waals surface area contributed by atoms with Crippen molar-refractivity contribution in [2.75, 3.05) is 13.2 Å². The molecule has 0 aliphatic rings. The van der Waals surface area contributed by atoms with E-state index in [1.54, 1.807) is 0 Å². The zero-order chi connectivity index (χ0) is 38.7. The molecule has 0 spiro atoms. The van der Waals surface area contributed by atoms with Crippen molar-refractivity contribution in [3.05, 3.63) is 97.2 Å². The Hall–Kier alpha value is -3.67. The van der Waals surface area contributed by atoms with Gasteiger partial charge in [-0.15, -0.1) is 0 Å². The lowest BCUT2D eigenvalue weighted by Gasteiger charge is -2.18. The van der Waals surface area contributed by atoms with Crippen LogP contribution in [0.1, 0.15) is 162 Å². The summed E-state index contributed by atoms with van der Waals surface area (Å²) in [6.07, 6.45) is 52.8.